The Kier molecular flexibility index (Phi) is 5.55. The van der Waals surface area contributed by atoms with Crippen LogP contribution in [-0.4, -0.2) is 22.0 Å². The molecular weight excluding hydrogens is 496 g/mol. The number of aromatic amines is 1. The SMILES string of the molecule is O=C(NCC12CC3CC(C1)CC(c1c[nH]c4ccccc14)(C3)C2)c1cccn(Cc2ccc(F)c(F)c2)c1=O. The van der Waals surface area contributed by atoms with Crippen molar-refractivity contribution in [1.29, 1.82) is 0 Å². The van der Waals surface area contributed by atoms with E-state index in [0.717, 1.165) is 31.4 Å². The number of fused-ring (bicyclic) bond motifs is 1. The van der Waals surface area contributed by atoms with Crippen molar-refractivity contribution in [2.24, 2.45) is 17.3 Å². The number of carbonyl (C=O) groups is 1. The Morgan fingerprint density at radius 1 is 1.00 bits per heavy atom. The predicted molar refractivity (Wildman–Crippen MR) is 146 cm³/mol. The fraction of sp³-hybridized carbons (Fsp3) is 0.375. The summed E-state index contributed by atoms with van der Waals surface area (Å²) >= 11 is 0. The van der Waals surface area contributed by atoms with Gasteiger partial charge in [-0.15, -0.1) is 0 Å². The summed E-state index contributed by atoms with van der Waals surface area (Å²) in [6, 6.07) is 15.3. The van der Waals surface area contributed by atoms with Crippen LogP contribution in [0.2, 0.25) is 0 Å². The second-order valence-electron chi connectivity index (χ2n) is 12.3. The van der Waals surface area contributed by atoms with Gasteiger partial charge in [-0.1, -0.05) is 24.3 Å². The minimum Gasteiger partial charge on any atom is -0.361 e. The first-order chi connectivity index (χ1) is 18.8. The van der Waals surface area contributed by atoms with Crippen LogP contribution in [0.15, 0.2) is 71.8 Å². The Morgan fingerprint density at radius 3 is 2.59 bits per heavy atom. The molecule has 2 aromatic heterocycles. The topological polar surface area (TPSA) is 66.9 Å². The molecule has 8 rings (SSSR count). The summed E-state index contributed by atoms with van der Waals surface area (Å²) in [5.41, 5.74) is 2.82. The molecule has 0 saturated heterocycles. The molecule has 2 heterocycles. The summed E-state index contributed by atoms with van der Waals surface area (Å²) in [5.74, 6) is -0.967. The molecule has 200 valence electrons. The number of rotatable bonds is 6. The van der Waals surface area contributed by atoms with Gasteiger partial charge in [-0.3, -0.25) is 9.59 Å². The number of aromatic nitrogens is 2. The number of nitrogens with one attached hydrogen (secondary N) is 2. The Labute approximate surface area is 225 Å². The fourth-order valence-corrected chi connectivity index (χ4v) is 8.52. The van der Waals surface area contributed by atoms with Crippen LogP contribution >= 0.6 is 0 Å². The predicted octanol–water partition coefficient (Wildman–Crippen LogP) is 5.92. The number of para-hydroxylation sites is 1. The van der Waals surface area contributed by atoms with Gasteiger partial charge in [0.2, 0.25) is 0 Å². The lowest BCUT2D eigenvalue weighted by atomic mass is 9.43. The minimum atomic E-state index is -0.963. The van der Waals surface area contributed by atoms with Gasteiger partial charge in [0, 0.05) is 29.8 Å². The summed E-state index contributed by atoms with van der Waals surface area (Å²) in [5, 5.41) is 4.44. The van der Waals surface area contributed by atoms with Gasteiger partial charge in [-0.05, 0) is 103 Å². The van der Waals surface area contributed by atoms with Crippen LogP contribution in [0, 0.1) is 28.9 Å². The molecule has 2 unspecified atom stereocenters. The van der Waals surface area contributed by atoms with Crippen molar-refractivity contribution >= 4 is 16.8 Å². The van der Waals surface area contributed by atoms with E-state index in [9.17, 15) is 18.4 Å². The van der Waals surface area contributed by atoms with Crippen LogP contribution in [0.3, 0.4) is 0 Å². The van der Waals surface area contributed by atoms with E-state index in [-0.39, 0.29) is 28.8 Å². The number of H-pyrrole nitrogens is 1. The minimum absolute atomic E-state index is 0.0254. The molecule has 0 spiro atoms. The number of benzene rings is 2. The molecule has 1 amide bonds. The molecule has 5 nitrogen and oxygen atoms in total. The average molecular weight is 528 g/mol. The van der Waals surface area contributed by atoms with Crippen LogP contribution in [0.4, 0.5) is 8.78 Å². The lowest BCUT2D eigenvalue weighted by molar-refractivity contribution is -0.0692. The van der Waals surface area contributed by atoms with Gasteiger partial charge in [0.25, 0.3) is 11.5 Å². The molecule has 39 heavy (non-hydrogen) atoms. The van der Waals surface area contributed by atoms with Crippen molar-refractivity contribution in [3.63, 3.8) is 0 Å². The Hall–Kier alpha value is -3.74. The summed E-state index contributed by atoms with van der Waals surface area (Å²) in [4.78, 5) is 29.9. The molecule has 0 radical (unpaired) electrons. The van der Waals surface area contributed by atoms with Crippen LogP contribution in [-0.2, 0) is 12.0 Å². The van der Waals surface area contributed by atoms with Crippen molar-refractivity contribution in [2.75, 3.05) is 6.54 Å². The second kappa shape index (κ2) is 8.90. The molecule has 2 atom stereocenters. The normalized spacial score (nSPS) is 27.2. The summed E-state index contributed by atoms with van der Waals surface area (Å²) < 4.78 is 28.3. The zero-order chi connectivity index (χ0) is 26.8. The Morgan fingerprint density at radius 2 is 1.79 bits per heavy atom. The molecule has 2 N–H and O–H groups in total. The maximum absolute atomic E-state index is 13.7. The monoisotopic (exact) mass is 527 g/mol. The molecule has 4 saturated carbocycles. The summed E-state index contributed by atoms with van der Waals surface area (Å²) in [6.07, 6.45) is 10.7. The largest absolute Gasteiger partial charge is 0.361 e. The van der Waals surface area contributed by atoms with Crippen LogP contribution in [0.5, 0.6) is 0 Å². The molecule has 4 aromatic rings. The molecule has 4 bridgehead atoms. The van der Waals surface area contributed by atoms with E-state index in [4.69, 9.17) is 0 Å². The number of pyridine rings is 1. The van der Waals surface area contributed by atoms with E-state index >= 15 is 0 Å². The van der Waals surface area contributed by atoms with Gasteiger partial charge < -0.3 is 14.9 Å². The van der Waals surface area contributed by atoms with E-state index in [1.807, 2.05) is 0 Å². The number of halogens is 2. The van der Waals surface area contributed by atoms with Crippen molar-refractivity contribution in [3.05, 3.63) is 106 Å². The van der Waals surface area contributed by atoms with Crippen LogP contribution < -0.4 is 10.9 Å². The van der Waals surface area contributed by atoms with E-state index < -0.39 is 17.2 Å². The quantitative estimate of drug-likeness (QED) is 0.327. The van der Waals surface area contributed by atoms with Crippen molar-refractivity contribution in [1.82, 2.24) is 14.9 Å². The maximum atomic E-state index is 13.7. The van der Waals surface area contributed by atoms with E-state index in [0.29, 0.717) is 23.9 Å². The van der Waals surface area contributed by atoms with E-state index in [1.54, 1.807) is 12.3 Å². The van der Waals surface area contributed by atoms with Crippen molar-refractivity contribution < 1.29 is 13.6 Å². The zero-order valence-corrected chi connectivity index (χ0v) is 21.7. The number of hydrogen-bond donors (Lipinski definition) is 2. The highest BCUT2D eigenvalue weighted by Gasteiger charge is 2.58. The third-order valence-electron chi connectivity index (χ3n) is 9.57. The molecule has 4 aliphatic carbocycles. The molecule has 4 aliphatic rings. The van der Waals surface area contributed by atoms with Crippen molar-refractivity contribution in [3.8, 4) is 0 Å². The molecule has 7 heteroatoms. The van der Waals surface area contributed by atoms with Crippen LogP contribution in [0.25, 0.3) is 10.9 Å². The van der Waals surface area contributed by atoms with Gasteiger partial charge in [-0.25, -0.2) is 8.78 Å². The van der Waals surface area contributed by atoms with Gasteiger partial charge in [-0.2, -0.15) is 0 Å². The second-order valence-corrected chi connectivity index (χ2v) is 12.3. The highest BCUT2D eigenvalue weighted by molar-refractivity contribution is 5.93. The van der Waals surface area contributed by atoms with Gasteiger partial charge in [0.1, 0.15) is 5.56 Å². The lowest BCUT2D eigenvalue weighted by Crippen LogP contribution is -2.57. The highest BCUT2D eigenvalue weighted by atomic mass is 19.2. The third-order valence-corrected chi connectivity index (χ3v) is 9.57. The summed E-state index contributed by atoms with van der Waals surface area (Å²) in [6.45, 7) is 0.609. The zero-order valence-electron chi connectivity index (χ0n) is 21.7. The third kappa shape index (κ3) is 4.10. The maximum Gasteiger partial charge on any atom is 0.263 e. The fourth-order valence-electron chi connectivity index (χ4n) is 8.52. The number of hydrogen-bond acceptors (Lipinski definition) is 2. The average Bonchev–Trinajstić information content (AvgIpc) is 3.35. The van der Waals surface area contributed by atoms with E-state index in [2.05, 4.69) is 40.8 Å². The van der Waals surface area contributed by atoms with Crippen LogP contribution in [0.1, 0.15) is 60.0 Å². The summed E-state index contributed by atoms with van der Waals surface area (Å²) in [7, 11) is 0. The van der Waals surface area contributed by atoms with Crippen molar-refractivity contribution in [2.45, 2.75) is 50.5 Å². The van der Waals surface area contributed by atoms with Gasteiger partial charge >= 0.3 is 0 Å². The van der Waals surface area contributed by atoms with E-state index in [1.165, 1.54) is 52.4 Å². The molecule has 0 aliphatic heterocycles. The van der Waals surface area contributed by atoms with Gasteiger partial charge in [0.15, 0.2) is 11.6 Å². The molecule has 2 aromatic carbocycles. The first kappa shape index (κ1) is 24.3. The lowest BCUT2D eigenvalue weighted by Gasteiger charge is -2.62. The number of carbonyl (C=O) groups excluding carboxylic acids is 1. The highest BCUT2D eigenvalue weighted by Crippen LogP contribution is 2.66. The smallest absolute Gasteiger partial charge is 0.263 e. The van der Waals surface area contributed by atoms with Gasteiger partial charge in [0.05, 0.1) is 6.54 Å². The molecule has 4 fully saturated rings. The standard InChI is InChI=1S/C32H31F2N3O2/c33-26-8-7-20(11-27(26)34)17-37-9-3-5-24(30(37)39)29(38)36-19-31-12-21-10-22(13-31)15-32(14-21,18-31)25-16-35-28-6-2-1-4-23(25)28/h1-9,11,16,21-22,35H,10,12-15,17-19H2,(H,36,38). The molecular formula is C32H31F2N3O2. The Bertz CT molecular complexity index is 1640. The Balaban J connectivity index is 1.12. The first-order valence-corrected chi connectivity index (χ1v) is 13.8. The first-order valence-electron chi connectivity index (χ1n) is 13.8. The number of amides is 1. The number of nitrogens with zero attached hydrogens (tertiary/aromatic N) is 1.